The molecule has 3 aromatic carbocycles. The number of ether oxygens (including phenoxy) is 1. The second kappa shape index (κ2) is 11.2. The first-order valence-electron chi connectivity index (χ1n) is 12.8. The number of hydrogen-bond donors (Lipinski definition) is 0. The van der Waals surface area contributed by atoms with Gasteiger partial charge >= 0.3 is 5.97 Å². The first-order chi connectivity index (χ1) is 19.3. The van der Waals surface area contributed by atoms with E-state index in [1.54, 1.807) is 61.7 Å². The van der Waals surface area contributed by atoms with E-state index in [-0.39, 0.29) is 24.5 Å². The highest BCUT2D eigenvalue weighted by atomic mass is 32.2. The Hall–Kier alpha value is -4.75. The van der Waals surface area contributed by atoms with Crippen molar-refractivity contribution in [1.82, 2.24) is 14.5 Å². The Morgan fingerprint density at radius 1 is 1.07 bits per heavy atom. The molecule has 0 radical (unpaired) electrons. The molecule has 0 unspecified atom stereocenters. The summed E-state index contributed by atoms with van der Waals surface area (Å²) < 4.78 is 36.5. The Balaban J connectivity index is 1.55. The second-order valence-electron chi connectivity index (χ2n) is 9.21. The summed E-state index contributed by atoms with van der Waals surface area (Å²) in [6.45, 7) is 1.81. The van der Waals surface area contributed by atoms with E-state index >= 15 is 0 Å². The lowest BCUT2D eigenvalue weighted by Crippen LogP contribution is -2.33. The van der Waals surface area contributed by atoms with Crippen LogP contribution >= 0.6 is 0 Å². The fourth-order valence-corrected chi connectivity index (χ4v) is 6.27. The lowest BCUT2D eigenvalue weighted by Gasteiger charge is -2.24. The number of carbonyl (C=O) groups is 1. The van der Waals surface area contributed by atoms with Crippen molar-refractivity contribution in [3.8, 4) is 6.07 Å². The molecule has 0 amide bonds. The van der Waals surface area contributed by atoms with Crippen LogP contribution in [0.5, 0.6) is 0 Å². The second-order valence-corrected chi connectivity index (χ2v) is 11.0. The quantitative estimate of drug-likeness (QED) is 0.242. The van der Waals surface area contributed by atoms with E-state index in [4.69, 9.17) is 15.0 Å². The van der Waals surface area contributed by atoms with E-state index in [2.05, 4.69) is 11.1 Å². The Labute approximate surface area is 232 Å². The molecule has 0 saturated heterocycles. The number of benzene rings is 3. The number of anilines is 1. The predicted octanol–water partition coefficient (Wildman–Crippen LogP) is 4.73. The van der Waals surface area contributed by atoms with Gasteiger partial charge in [0.1, 0.15) is 10.7 Å². The summed E-state index contributed by atoms with van der Waals surface area (Å²) in [6.07, 6.45) is 1.98. The van der Waals surface area contributed by atoms with Crippen molar-refractivity contribution in [2.75, 3.05) is 17.5 Å². The van der Waals surface area contributed by atoms with Crippen molar-refractivity contribution in [3.05, 3.63) is 95.9 Å². The number of aryl methyl sites for hydroxylation is 1. The maximum Gasteiger partial charge on any atom is 0.307 e. The number of esters is 1. The van der Waals surface area contributed by atoms with Crippen LogP contribution in [0, 0.1) is 11.3 Å². The Bertz CT molecular complexity index is 1850. The third-order valence-corrected chi connectivity index (χ3v) is 8.54. The molecule has 2 heterocycles. The summed E-state index contributed by atoms with van der Waals surface area (Å²) in [6, 6.07) is 23.3. The summed E-state index contributed by atoms with van der Waals surface area (Å²) in [7, 11) is -2.21. The Kier molecular flexibility index (Phi) is 7.49. The molecule has 10 heteroatoms. The van der Waals surface area contributed by atoms with E-state index in [9.17, 15) is 13.2 Å². The summed E-state index contributed by atoms with van der Waals surface area (Å²) in [5, 5.41) is 9.76. The average Bonchev–Trinajstić information content (AvgIpc) is 3.27. The third-order valence-electron chi connectivity index (χ3n) is 6.68. The zero-order chi connectivity index (χ0) is 28.3. The molecule has 202 valence electrons. The van der Waals surface area contributed by atoms with Crippen LogP contribution in [0.3, 0.4) is 0 Å². The smallest absolute Gasteiger partial charge is 0.307 e. The van der Waals surface area contributed by atoms with Gasteiger partial charge in [0.05, 0.1) is 46.9 Å². The highest BCUT2D eigenvalue weighted by Crippen LogP contribution is 2.31. The van der Waals surface area contributed by atoms with Gasteiger partial charge in [0.2, 0.25) is 0 Å². The number of imidazole rings is 1. The van der Waals surface area contributed by atoms with E-state index in [1.165, 1.54) is 10.4 Å². The number of para-hydroxylation sites is 1. The molecule has 0 fully saturated rings. The molecule has 0 N–H and O–H groups in total. The minimum atomic E-state index is -4.12. The molecule has 40 heavy (non-hydrogen) atoms. The molecule has 0 aliphatic heterocycles. The van der Waals surface area contributed by atoms with Gasteiger partial charge in [-0.1, -0.05) is 30.3 Å². The largest absolute Gasteiger partial charge is 0.466 e. The monoisotopic (exact) mass is 553 g/mol. The number of pyridine rings is 1. The molecular formula is C30H27N5O4S. The van der Waals surface area contributed by atoms with Gasteiger partial charge in [-0.25, -0.2) is 13.4 Å². The van der Waals surface area contributed by atoms with Gasteiger partial charge in [0.15, 0.2) is 0 Å². The van der Waals surface area contributed by atoms with Gasteiger partial charge in [-0.2, -0.15) is 5.26 Å². The normalized spacial score (nSPS) is 11.4. The van der Waals surface area contributed by atoms with Crippen LogP contribution in [0.4, 0.5) is 5.69 Å². The molecule has 0 bridgehead atoms. The molecular weight excluding hydrogens is 526 g/mol. The van der Waals surface area contributed by atoms with E-state index in [1.807, 2.05) is 29.8 Å². The number of aromatic nitrogens is 3. The SMILES string of the molecule is CCOC(=O)CCN(c1ccc2c(c1)nc(Cc1ccc(C#N)cc1)n2C)S(=O)(=O)c1cccc2cccnc12. The highest BCUT2D eigenvalue weighted by molar-refractivity contribution is 7.93. The molecule has 0 aliphatic carbocycles. The Morgan fingerprint density at radius 3 is 2.60 bits per heavy atom. The highest BCUT2D eigenvalue weighted by Gasteiger charge is 2.28. The van der Waals surface area contributed by atoms with Crippen LogP contribution in [-0.2, 0) is 33.0 Å². The molecule has 0 spiro atoms. The number of nitriles is 1. The summed E-state index contributed by atoms with van der Waals surface area (Å²) in [4.78, 5) is 21.4. The van der Waals surface area contributed by atoms with Crippen LogP contribution in [0.15, 0.2) is 83.9 Å². The first kappa shape index (κ1) is 26.8. The standard InChI is InChI=1S/C30H27N5O4S/c1-3-39-29(36)15-17-35(40(37,38)27-8-4-6-23-7-5-16-32-30(23)27)24-13-14-26-25(19-24)33-28(34(26)2)18-21-9-11-22(20-31)12-10-21/h4-14,16,19H,3,15,17-18H2,1-2H3. The topological polar surface area (TPSA) is 118 Å². The zero-order valence-corrected chi connectivity index (χ0v) is 22.9. The average molecular weight is 554 g/mol. The van der Waals surface area contributed by atoms with Crippen molar-refractivity contribution in [1.29, 1.82) is 5.26 Å². The zero-order valence-electron chi connectivity index (χ0n) is 22.1. The summed E-state index contributed by atoms with van der Waals surface area (Å²) in [5.74, 6) is 0.304. The number of hydrogen-bond acceptors (Lipinski definition) is 7. The van der Waals surface area contributed by atoms with E-state index in [0.717, 1.165) is 16.9 Å². The van der Waals surface area contributed by atoms with E-state index in [0.29, 0.717) is 34.1 Å². The number of sulfonamides is 1. The third kappa shape index (κ3) is 5.24. The maximum atomic E-state index is 14.1. The van der Waals surface area contributed by atoms with E-state index < -0.39 is 16.0 Å². The van der Waals surface area contributed by atoms with Crippen molar-refractivity contribution in [2.45, 2.75) is 24.7 Å². The fraction of sp³-hybridized carbons (Fsp3) is 0.200. The lowest BCUT2D eigenvalue weighted by molar-refractivity contribution is -0.142. The number of fused-ring (bicyclic) bond motifs is 2. The predicted molar refractivity (Wildman–Crippen MR) is 152 cm³/mol. The molecule has 9 nitrogen and oxygen atoms in total. The van der Waals surface area contributed by atoms with Gasteiger partial charge in [-0.05, 0) is 55.0 Å². The molecule has 0 saturated carbocycles. The lowest BCUT2D eigenvalue weighted by atomic mass is 10.1. The van der Waals surface area contributed by atoms with Crippen molar-refractivity contribution >= 4 is 43.6 Å². The molecule has 0 aliphatic rings. The number of carbonyl (C=O) groups excluding carboxylic acids is 1. The van der Waals surface area contributed by atoms with Gasteiger partial charge in [-0.3, -0.25) is 14.1 Å². The Morgan fingerprint density at radius 2 is 1.85 bits per heavy atom. The van der Waals surface area contributed by atoms with Crippen LogP contribution in [0.1, 0.15) is 30.3 Å². The van der Waals surface area contributed by atoms with Crippen LogP contribution in [0.2, 0.25) is 0 Å². The van der Waals surface area contributed by atoms with Crippen molar-refractivity contribution < 1.29 is 17.9 Å². The molecule has 5 aromatic rings. The summed E-state index contributed by atoms with van der Waals surface area (Å²) in [5.41, 5.74) is 3.78. The molecule has 0 atom stereocenters. The minimum absolute atomic E-state index is 0.0529. The van der Waals surface area contributed by atoms with Gasteiger partial charge < -0.3 is 9.30 Å². The maximum absolute atomic E-state index is 14.1. The van der Waals surface area contributed by atoms with Crippen molar-refractivity contribution in [2.24, 2.45) is 7.05 Å². The van der Waals surface area contributed by atoms with Crippen LogP contribution < -0.4 is 4.31 Å². The summed E-state index contributed by atoms with van der Waals surface area (Å²) >= 11 is 0. The van der Waals surface area contributed by atoms with Crippen molar-refractivity contribution in [3.63, 3.8) is 0 Å². The molecule has 2 aromatic heterocycles. The van der Waals surface area contributed by atoms with Crippen LogP contribution in [-0.4, -0.2) is 42.1 Å². The van der Waals surface area contributed by atoms with Gasteiger partial charge in [0, 0.05) is 31.6 Å². The minimum Gasteiger partial charge on any atom is -0.466 e. The first-order valence-corrected chi connectivity index (χ1v) is 14.2. The van der Waals surface area contributed by atoms with Gasteiger partial charge in [-0.15, -0.1) is 0 Å². The van der Waals surface area contributed by atoms with Crippen LogP contribution in [0.25, 0.3) is 21.9 Å². The van der Waals surface area contributed by atoms with Gasteiger partial charge in [0.25, 0.3) is 10.0 Å². The fourth-order valence-electron chi connectivity index (χ4n) is 4.65. The molecule has 5 rings (SSSR count). The number of nitrogens with zero attached hydrogens (tertiary/aromatic N) is 5. The number of rotatable bonds is 9.